The number of hydrogen-bond acceptors (Lipinski definition) is 6. The molecule has 2 aliphatic heterocycles. The molecule has 2 unspecified atom stereocenters. The molecule has 94 valence electrons. The summed E-state index contributed by atoms with van der Waals surface area (Å²) in [5.74, 6) is -1.94. The van der Waals surface area contributed by atoms with Gasteiger partial charge in [0.15, 0.2) is 17.9 Å². The molecule has 9 nitrogen and oxygen atoms in total. The Morgan fingerprint density at radius 3 is 2.94 bits per heavy atom. The van der Waals surface area contributed by atoms with Crippen LogP contribution >= 0.6 is 0 Å². The number of carbonyl (C=O) groups is 2. The highest BCUT2D eigenvalue weighted by atomic mass is 16.4. The van der Waals surface area contributed by atoms with Crippen molar-refractivity contribution in [3.8, 4) is 0 Å². The average Bonchev–Trinajstić information content (AvgIpc) is 2.76. The molecule has 0 saturated heterocycles. The van der Waals surface area contributed by atoms with Crippen molar-refractivity contribution in [2.24, 2.45) is 20.0 Å². The van der Waals surface area contributed by atoms with Crippen molar-refractivity contribution in [1.29, 1.82) is 0 Å². The van der Waals surface area contributed by atoms with Crippen molar-refractivity contribution < 1.29 is 19.8 Å². The van der Waals surface area contributed by atoms with Crippen LogP contribution in [-0.4, -0.2) is 58.6 Å². The van der Waals surface area contributed by atoms with Gasteiger partial charge in [-0.15, -0.1) is 0 Å². The first-order chi connectivity index (χ1) is 8.58. The monoisotopic (exact) mass is 251 g/mol. The molecule has 0 fully saturated rings. The van der Waals surface area contributed by atoms with Crippen molar-refractivity contribution in [1.82, 2.24) is 5.32 Å². The van der Waals surface area contributed by atoms with E-state index in [1.165, 1.54) is 12.7 Å². The van der Waals surface area contributed by atoms with Crippen LogP contribution in [0, 0.1) is 0 Å². The van der Waals surface area contributed by atoms with Crippen molar-refractivity contribution in [2.75, 3.05) is 0 Å². The molecule has 0 bridgehead atoms. The minimum Gasteiger partial charge on any atom is -0.481 e. The van der Waals surface area contributed by atoms with Crippen LogP contribution in [-0.2, 0) is 9.59 Å². The van der Waals surface area contributed by atoms with Crippen LogP contribution in [0.2, 0.25) is 0 Å². The van der Waals surface area contributed by atoms with Gasteiger partial charge in [-0.2, -0.15) is 0 Å². The Morgan fingerprint density at radius 1 is 1.50 bits per heavy atom. The first-order valence-corrected chi connectivity index (χ1v) is 4.98. The van der Waals surface area contributed by atoms with Crippen LogP contribution < -0.4 is 5.32 Å². The van der Waals surface area contributed by atoms with E-state index in [1.807, 2.05) is 0 Å². The van der Waals surface area contributed by atoms with Gasteiger partial charge in [0.1, 0.15) is 12.2 Å². The van der Waals surface area contributed by atoms with E-state index in [2.05, 4.69) is 25.3 Å². The molecule has 0 saturated carbocycles. The van der Waals surface area contributed by atoms with Crippen molar-refractivity contribution >= 4 is 36.3 Å². The highest BCUT2D eigenvalue weighted by Gasteiger charge is 2.29. The Morgan fingerprint density at radius 2 is 2.28 bits per heavy atom. The molecule has 2 heterocycles. The fourth-order valence-corrected chi connectivity index (χ4v) is 1.46. The van der Waals surface area contributed by atoms with Gasteiger partial charge in [-0.3, -0.25) is 14.8 Å². The first-order valence-electron chi connectivity index (χ1n) is 4.98. The zero-order chi connectivity index (χ0) is 13.1. The minimum absolute atomic E-state index is 0.134. The fourth-order valence-electron chi connectivity index (χ4n) is 1.46. The molecular formula is C9H9N5O4. The third-order valence-electron chi connectivity index (χ3n) is 2.27. The van der Waals surface area contributed by atoms with Crippen molar-refractivity contribution in [3.63, 3.8) is 0 Å². The number of fused-ring (bicyclic) bond motifs is 1. The number of amidine groups is 2. The highest BCUT2D eigenvalue weighted by Crippen LogP contribution is 2.10. The molecule has 0 aliphatic carbocycles. The normalized spacial score (nSPS) is 24.3. The number of aliphatic carboxylic acids is 2. The summed E-state index contributed by atoms with van der Waals surface area (Å²) < 4.78 is 0. The molecule has 9 heteroatoms. The predicted octanol–water partition coefficient (Wildman–Crippen LogP) is -1.25. The van der Waals surface area contributed by atoms with E-state index in [0.29, 0.717) is 5.84 Å². The molecule has 0 aromatic heterocycles. The van der Waals surface area contributed by atoms with Gasteiger partial charge in [0.25, 0.3) is 0 Å². The number of rotatable bonds is 4. The van der Waals surface area contributed by atoms with Crippen LogP contribution in [0.1, 0.15) is 6.42 Å². The van der Waals surface area contributed by atoms with Gasteiger partial charge in [0, 0.05) is 0 Å². The molecule has 0 aromatic carbocycles. The number of nitrogens with one attached hydrogen (secondary N) is 1. The predicted molar refractivity (Wildman–Crippen MR) is 62.5 cm³/mol. The molecule has 2 aliphatic rings. The summed E-state index contributed by atoms with van der Waals surface area (Å²) in [6.45, 7) is 0. The summed E-state index contributed by atoms with van der Waals surface area (Å²) in [6.07, 6.45) is 2.01. The highest BCUT2D eigenvalue weighted by molar-refractivity contribution is 6.21. The van der Waals surface area contributed by atoms with Gasteiger partial charge in [0.05, 0.1) is 12.8 Å². The first kappa shape index (κ1) is 11.9. The molecule has 0 radical (unpaired) electrons. The molecule has 2 atom stereocenters. The van der Waals surface area contributed by atoms with E-state index in [4.69, 9.17) is 10.2 Å². The topological polar surface area (TPSA) is 136 Å². The van der Waals surface area contributed by atoms with Crippen LogP contribution in [0.3, 0.4) is 0 Å². The summed E-state index contributed by atoms with van der Waals surface area (Å²) in [5, 5.41) is 20.2. The smallest absolute Gasteiger partial charge is 0.329 e. The van der Waals surface area contributed by atoms with E-state index in [9.17, 15) is 9.59 Å². The Kier molecular flexibility index (Phi) is 3.13. The molecule has 0 spiro atoms. The fraction of sp³-hybridized carbons (Fsp3) is 0.333. The van der Waals surface area contributed by atoms with Gasteiger partial charge >= 0.3 is 11.9 Å². The second kappa shape index (κ2) is 4.73. The van der Waals surface area contributed by atoms with Crippen LogP contribution in [0.5, 0.6) is 0 Å². The second-order valence-corrected chi connectivity index (χ2v) is 3.52. The Bertz CT molecular complexity index is 507. The van der Waals surface area contributed by atoms with Crippen LogP contribution in [0.4, 0.5) is 0 Å². The zero-order valence-electron chi connectivity index (χ0n) is 9.02. The van der Waals surface area contributed by atoms with E-state index >= 15 is 0 Å². The van der Waals surface area contributed by atoms with Gasteiger partial charge in [-0.1, -0.05) is 0 Å². The van der Waals surface area contributed by atoms with Gasteiger partial charge in [-0.05, 0) is 0 Å². The van der Waals surface area contributed by atoms with E-state index in [0.717, 1.165) is 0 Å². The second-order valence-electron chi connectivity index (χ2n) is 3.52. The summed E-state index contributed by atoms with van der Waals surface area (Å²) in [4.78, 5) is 37.0. The maximum absolute atomic E-state index is 10.9. The lowest BCUT2D eigenvalue weighted by Gasteiger charge is -2.16. The summed E-state index contributed by atoms with van der Waals surface area (Å²) in [7, 11) is 0. The molecule has 0 aromatic rings. The number of carboxylic acids is 2. The quantitative estimate of drug-likeness (QED) is 0.573. The van der Waals surface area contributed by atoms with E-state index in [-0.39, 0.29) is 5.84 Å². The Labute approximate surface area is 101 Å². The number of hydrogen-bond donors (Lipinski definition) is 3. The molecule has 2 rings (SSSR count). The summed E-state index contributed by atoms with van der Waals surface area (Å²) in [5.41, 5.74) is 0. The third kappa shape index (κ3) is 2.39. The standard InChI is InChI=1S/C9H9N5O4/c15-5(16)1-4(9(17)18)14-8-6-7(11-2-10-6)12-3-13-8/h2-4,6H,1H2,(H,15,16)(H,17,18)(H,10,11,12,13,14). The lowest BCUT2D eigenvalue weighted by atomic mass is 10.2. The summed E-state index contributed by atoms with van der Waals surface area (Å²) >= 11 is 0. The third-order valence-corrected chi connectivity index (χ3v) is 2.27. The van der Waals surface area contributed by atoms with Gasteiger partial charge in [0.2, 0.25) is 0 Å². The number of aliphatic imine (C=N–C) groups is 4. The number of carboxylic acid groups (broad SMARTS) is 2. The van der Waals surface area contributed by atoms with Crippen molar-refractivity contribution in [2.45, 2.75) is 18.5 Å². The Balaban J connectivity index is 2.24. The van der Waals surface area contributed by atoms with Gasteiger partial charge in [-0.25, -0.2) is 14.8 Å². The van der Waals surface area contributed by atoms with Crippen molar-refractivity contribution in [3.05, 3.63) is 0 Å². The molecule has 0 amide bonds. The number of nitrogens with zero attached hydrogens (tertiary/aromatic N) is 4. The average molecular weight is 251 g/mol. The largest absolute Gasteiger partial charge is 0.481 e. The SMILES string of the molecule is O=C(O)CC(N=C1N=CNC2=NC=NC12)C(=O)O. The molecule has 3 N–H and O–H groups in total. The van der Waals surface area contributed by atoms with E-state index < -0.39 is 30.4 Å². The summed E-state index contributed by atoms with van der Waals surface area (Å²) in [6, 6.07) is -1.96. The molecular weight excluding hydrogens is 242 g/mol. The lowest BCUT2D eigenvalue weighted by Crippen LogP contribution is -2.41. The molecule has 18 heavy (non-hydrogen) atoms. The maximum Gasteiger partial charge on any atom is 0.329 e. The van der Waals surface area contributed by atoms with E-state index in [1.54, 1.807) is 0 Å². The maximum atomic E-state index is 10.9. The lowest BCUT2D eigenvalue weighted by molar-refractivity contribution is -0.144. The zero-order valence-corrected chi connectivity index (χ0v) is 9.02. The van der Waals surface area contributed by atoms with Gasteiger partial charge < -0.3 is 15.5 Å². The minimum atomic E-state index is -1.38. The Hall–Kier alpha value is -2.58. The van der Waals surface area contributed by atoms with Crippen LogP contribution in [0.15, 0.2) is 20.0 Å². The van der Waals surface area contributed by atoms with Crippen LogP contribution in [0.25, 0.3) is 0 Å².